The number of non-ortho nitro benzene ring substituents is 1. The van der Waals surface area contributed by atoms with Crippen LogP contribution in [0.5, 0.6) is 5.75 Å². The molecule has 3 heterocycles. The first-order valence-electron chi connectivity index (χ1n) is 9.68. The average molecular weight is 455 g/mol. The second-order valence-corrected chi connectivity index (χ2v) is 9.29. The minimum atomic E-state index is -0.421. The van der Waals surface area contributed by atoms with E-state index in [1.165, 1.54) is 23.5 Å². The Morgan fingerprint density at radius 1 is 1.06 bits per heavy atom. The number of fused-ring (bicyclic) bond motifs is 2. The van der Waals surface area contributed by atoms with Crippen LogP contribution in [0.15, 0.2) is 42.5 Å². The summed E-state index contributed by atoms with van der Waals surface area (Å²) in [5.74, 6) is 0.782. The molecular weight excluding hydrogens is 436 g/mol. The number of nitro benzene ring substituents is 1. The van der Waals surface area contributed by atoms with Crippen molar-refractivity contribution in [3.05, 3.63) is 57.5 Å². The van der Waals surface area contributed by atoms with Crippen LogP contribution in [0.4, 0.5) is 10.8 Å². The number of thiophene rings is 1. The van der Waals surface area contributed by atoms with Crippen LogP contribution in [0.25, 0.3) is 20.3 Å². The van der Waals surface area contributed by atoms with Gasteiger partial charge in [0.25, 0.3) is 11.6 Å². The molecule has 0 radical (unpaired) electrons. The molecule has 8 nitrogen and oxygen atoms in total. The summed E-state index contributed by atoms with van der Waals surface area (Å²) in [5.41, 5.74) is 0.977. The molecule has 5 rings (SSSR count). The summed E-state index contributed by atoms with van der Waals surface area (Å²) >= 11 is 3.00. The highest BCUT2D eigenvalue weighted by molar-refractivity contribution is 7.22. The van der Waals surface area contributed by atoms with E-state index < -0.39 is 4.92 Å². The van der Waals surface area contributed by atoms with Gasteiger partial charge in [-0.1, -0.05) is 11.3 Å². The van der Waals surface area contributed by atoms with Crippen molar-refractivity contribution in [2.75, 3.05) is 38.2 Å². The van der Waals surface area contributed by atoms with Crippen LogP contribution in [0, 0.1) is 10.1 Å². The lowest BCUT2D eigenvalue weighted by molar-refractivity contribution is -0.384. The summed E-state index contributed by atoms with van der Waals surface area (Å²) < 4.78 is 7.24. The van der Waals surface area contributed by atoms with Crippen molar-refractivity contribution in [1.29, 1.82) is 0 Å². The summed E-state index contributed by atoms with van der Waals surface area (Å²) in [7, 11) is 1.65. The molecule has 1 amide bonds. The van der Waals surface area contributed by atoms with Gasteiger partial charge in [-0.05, 0) is 30.3 Å². The van der Waals surface area contributed by atoms with Crippen LogP contribution >= 0.6 is 22.7 Å². The number of methoxy groups -OCH3 is 1. The average Bonchev–Trinajstić information content (AvgIpc) is 3.41. The number of hydrogen-bond donors (Lipinski definition) is 0. The third kappa shape index (κ3) is 3.68. The molecule has 1 aliphatic heterocycles. The largest absolute Gasteiger partial charge is 0.497 e. The summed E-state index contributed by atoms with van der Waals surface area (Å²) in [4.78, 5) is 32.9. The molecule has 1 aliphatic rings. The van der Waals surface area contributed by atoms with Crippen LogP contribution in [-0.2, 0) is 0 Å². The van der Waals surface area contributed by atoms with Crippen LogP contribution in [0.3, 0.4) is 0 Å². The van der Waals surface area contributed by atoms with Crippen LogP contribution in [0.2, 0.25) is 0 Å². The van der Waals surface area contributed by atoms with E-state index >= 15 is 0 Å². The van der Waals surface area contributed by atoms with E-state index in [1.54, 1.807) is 30.6 Å². The fraction of sp³-hybridized carbons (Fsp3) is 0.238. The van der Waals surface area contributed by atoms with Gasteiger partial charge < -0.3 is 14.5 Å². The lowest BCUT2D eigenvalue weighted by Crippen LogP contribution is -2.48. The number of thiazole rings is 1. The second kappa shape index (κ2) is 7.78. The lowest BCUT2D eigenvalue weighted by Gasteiger charge is -2.34. The molecule has 1 saturated heterocycles. The van der Waals surface area contributed by atoms with Crippen molar-refractivity contribution in [2.24, 2.45) is 0 Å². The third-order valence-electron chi connectivity index (χ3n) is 5.34. The number of anilines is 1. The maximum Gasteiger partial charge on any atom is 0.270 e. The number of amides is 1. The highest BCUT2D eigenvalue weighted by Crippen LogP contribution is 2.33. The van der Waals surface area contributed by atoms with Crippen molar-refractivity contribution in [1.82, 2.24) is 9.88 Å². The van der Waals surface area contributed by atoms with Gasteiger partial charge in [0.1, 0.15) is 5.75 Å². The van der Waals surface area contributed by atoms with Gasteiger partial charge in [-0.2, -0.15) is 0 Å². The normalized spacial score (nSPS) is 14.4. The zero-order valence-electron chi connectivity index (χ0n) is 16.6. The predicted octanol–water partition coefficient (Wildman–Crippen LogP) is 4.39. The molecule has 2 aromatic carbocycles. The number of hydrogen-bond acceptors (Lipinski definition) is 8. The van der Waals surface area contributed by atoms with E-state index in [2.05, 4.69) is 4.90 Å². The smallest absolute Gasteiger partial charge is 0.270 e. The first-order chi connectivity index (χ1) is 15.0. The van der Waals surface area contributed by atoms with E-state index in [1.807, 2.05) is 23.1 Å². The first-order valence-corrected chi connectivity index (χ1v) is 11.3. The van der Waals surface area contributed by atoms with Gasteiger partial charge in [-0.25, -0.2) is 4.98 Å². The van der Waals surface area contributed by atoms with E-state index in [0.29, 0.717) is 31.1 Å². The second-order valence-electron chi connectivity index (χ2n) is 7.20. The monoisotopic (exact) mass is 454 g/mol. The number of carbonyl (C=O) groups excluding carboxylic acids is 1. The van der Waals surface area contributed by atoms with Crippen molar-refractivity contribution in [2.45, 2.75) is 0 Å². The molecular formula is C21H18N4O4S2. The maximum absolute atomic E-state index is 13.0. The van der Waals surface area contributed by atoms with E-state index in [9.17, 15) is 14.9 Å². The molecule has 2 aromatic heterocycles. The molecule has 0 bridgehead atoms. The topological polar surface area (TPSA) is 88.8 Å². The van der Waals surface area contributed by atoms with E-state index in [-0.39, 0.29) is 11.6 Å². The van der Waals surface area contributed by atoms with Crippen LogP contribution in [-0.4, -0.2) is 54.0 Å². The molecule has 1 fully saturated rings. The molecule has 0 saturated carbocycles. The predicted molar refractivity (Wildman–Crippen MR) is 123 cm³/mol. The van der Waals surface area contributed by atoms with Gasteiger partial charge >= 0.3 is 0 Å². The Morgan fingerprint density at radius 2 is 1.87 bits per heavy atom. The zero-order chi connectivity index (χ0) is 21.5. The lowest BCUT2D eigenvalue weighted by atomic mass is 10.2. The van der Waals surface area contributed by atoms with Gasteiger partial charge in [0.15, 0.2) is 5.13 Å². The molecule has 0 unspecified atom stereocenters. The molecule has 10 heteroatoms. The fourth-order valence-corrected chi connectivity index (χ4v) is 5.72. The fourth-order valence-electron chi connectivity index (χ4n) is 3.66. The Morgan fingerprint density at radius 3 is 2.61 bits per heavy atom. The van der Waals surface area contributed by atoms with Crippen molar-refractivity contribution in [3.63, 3.8) is 0 Å². The minimum Gasteiger partial charge on any atom is -0.497 e. The summed E-state index contributed by atoms with van der Waals surface area (Å²) in [6.45, 7) is 2.62. The molecule has 0 spiro atoms. The van der Waals surface area contributed by atoms with Gasteiger partial charge in [0.05, 0.1) is 27.1 Å². The van der Waals surface area contributed by atoms with E-state index in [0.717, 1.165) is 31.2 Å². The van der Waals surface area contributed by atoms with Crippen LogP contribution < -0.4 is 9.64 Å². The van der Waals surface area contributed by atoms with Gasteiger partial charge in [0.2, 0.25) is 0 Å². The number of carbonyl (C=O) groups is 1. The number of rotatable bonds is 4. The summed E-state index contributed by atoms with van der Waals surface area (Å²) in [6, 6.07) is 12.3. The molecule has 31 heavy (non-hydrogen) atoms. The SMILES string of the molecule is COc1ccc2nc(N3CCN(C(=O)c4cc5cc([N+](=O)[O-])ccc5s4)CC3)sc2c1. The molecule has 4 aromatic rings. The standard InChI is InChI=1S/C21H18N4O4S2/c1-29-15-3-4-16-18(12-15)31-21(22-16)24-8-6-23(7-9-24)20(26)19-11-13-10-14(25(27)28)2-5-17(13)30-19/h2-5,10-12H,6-9H2,1H3. The van der Waals surface area contributed by atoms with E-state index in [4.69, 9.17) is 9.72 Å². The Labute approximate surface area is 185 Å². The van der Waals surface area contributed by atoms with Gasteiger partial charge in [-0.3, -0.25) is 14.9 Å². The summed E-state index contributed by atoms with van der Waals surface area (Å²) in [6.07, 6.45) is 0. The number of aromatic nitrogens is 1. The third-order valence-corrected chi connectivity index (χ3v) is 7.53. The number of nitro groups is 1. The number of benzene rings is 2. The minimum absolute atomic E-state index is 0.0301. The molecule has 158 valence electrons. The Bertz CT molecular complexity index is 1310. The van der Waals surface area contributed by atoms with Gasteiger partial charge in [-0.15, -0.1) is 11.3 Å². The number of ether oxygens (including phenoxy) is 1. The highest BCUT2D eigenvalue weighted by atomic mass is 32.1. The quantitative estimate of drug-likeness (QED) is 0.336. The molecule has 0 N–H and O–H groups in total. The Balaban J connectivity index is 1.29. The van der Waals surface area contributed by atoms with Crippen molar-refractivity contribution < 1.29 is 14.5 Å². The molecule has 0 aliphatic carbocycles. The van der Waals surface area contributed by atoms with Gasteiger partial charge in [0, 0.05) is 48.4 Å². The number of nitrogens with zero attached hydrogens (tertiary/aromatic N) is 4. The van der Waals surface area contributed by atoms with Crippen LogP contribution in [0.1, 0.15) is 9.67 Å². The molecule has 0 atom stereocenters. The maximum atomic E-state index is 13.0. The van der Waals surface area contributed by atoms with Crippen molar-refractivity contribution >= 4 is 59.7 Å². The zero-order valence-corrected chi connectivity index (χ0v) is 18.2. The highest BCUT2D eigenvalue weighted by Gasteiger charge is 2.25. The summed E-state index contributed by atoms with van der Waals surface area (Å²) in [5, 5.41) is 12.7. The Kier molecular flexibility index (Phi) is 4.95. The first kappa shape index (κ1) is 19.7. The number of piperazine rings is 1. The Hall–Kier alpha value is -3.24. The van der Waals surface area contributed by atoms with Crippen molar-refractivity contribution in [3.8, 4) is 5.75 Å².